The number of hydrogen-bond acceptors (Lipinski definition) is 4. The summed E-state index contributed by atoms with van der Waals surface area (Å²) >= 11 is 0. The van der Waals surface area contributed by atoms with Crippen molar-refractivity contribution < 1.29 is 14.0 Å². The van der Waals surface area contributed by atoms with Crippen LogP contribution in [0.25, 0.3) is 0 Å². The van der Waals surface area contributed by atoms with E-state index in [2.05, 4.69) is 24.6 Å². The summed E-state index contributed by atoms with van der Waals surface area (Å²) < 4.78 is 5.52. The van der Waals surface area contributed by atoms with Gasteiger partial charge in [0.1, 0.15) is 8.24 Å². The maximum absolute atomic E-state index is 12.3. The van der Waals surface area contributed by atoms with E-state index in [9.17, 15) is 9.59 Å². The number of carbonyl (C=O) groups excluding carboxylic acids is 2. The third-order valence-electron chi connectivity index (χ3n) is 2.21. The quantitative estimate of drug-likeness (QED) is 0.444. The number of nitrogens with one attached hydrogen (secondary N) is 1. The summed E-state index contributed by atoms with van der Waals surface area (Å²) in [4.78, 5) is 27.1. The first-order chi connectivity index (χ1) is 7.96. The van der Waals surface area contributed by atoms with Crippen molar-refractivity contribution in [1.82, 2.24) is 4.98 Å². The molecule has 0 aromatic heterocycles. The fraction of sp³-hybridized carbons (Fsp3) is 0.833. The Morgan fingerprint density at radius 2 is 1.72 bits per heavy atom. The predicted octanol–water partition coefficient (Wildman–Crippen LogP) is 2.53. The normalized spacial score (nSPS) is 15.9. The van der Waals surface area contributed by atoms with E-state index in [1.165, 1.54) is 0 Å². The monoisotopic (exact) mass is 289 g/mol. The fourth-order valence-electron chi connectivity index (χ4n) is 1.78. The average Bonchev–Trinajstić information content (AvgIpc) is 2.12. The standard InChI is InChI=1S/C12H27NO3Si2/c1-8-9-12(10-14,13-17(2,3)4)11(15)16-18(5,6)7/h10,13H,8-9H2,1-7H3. The van der Waals surface area contributed by atoms with Crippen LogP contribution in [0.4, 0.5) is 0 Å². The van der Waals surface area contributed by atoms with Crippen molar-refractivity contribution in [3.63, 3.8) is 0 Å². The van der Waals surface area contributed by atoms with E-state index >= 15 is 0 Å². The molecule has 18 heavy (non-hydrogen) atoms. The van der Waals surface area contributed by atoms with Crippen LogP contribution in [0, 0.1) is 0 Å². The highest BCUT2D eigenvalue weighted by molar-refractivity contribution is 6.74. The molecule has 1 atom stereocenters. The van der Waals surface area contributed by atoms with Gasteiger partial charge in [-0.2, -0.15) is 0 Å². The number of carbonyl (C=O) groups is 2. The molecule has 0 bridgehead atoms. The minimum Gasteiger partial charge on any atom is -0.518 e. The first-order valence-electron chi connectivity index (χ1n) is 6.45. The lowest BCUT2D eigenvalue weighted by Gasteiger charge is -2.35. The van der Waals surface area contributed by atoms with Gasteiger partial charge < -0.3 is 14.2 Å². The second-order valence-electron chi connectivity index (χ2n) is 6.72. The van der Waals surface area contributed by atoms with Crippen molar-refractivity contribution in [2.75, 3.05) is 0 Å². The molecule has 0 heterocycles. The second kappa shape index (κ2) is 6.12. The topological polar surface area (TPSA) is 55.4 Å². The Morgan fingerprint density at radius 1 is 1.22 bits per heavy atom. The maximum Gasteiger partial charge on any atom is 0.319 e. The van der Waals surface area contributed by atoms with E-state index in [0.717, 1.165) is 12.7 Å². The molecule has 0 aromatic rings. The Kier molecular flexibility index (Phi) is 5.96. The molecule has 1 unspecified atom stereocenters. The lowest BCUT2D eigenvalue weighted by Crippen LogP contribution is -2.63. The Bertz CT molecular complexity index is 307. The van der Waals surface area contributed by atoms with Crippen LogP contribution in [0.1, 0.15) is 19.8 Å². The lowest BCUT2D eigenvalue weighted by molar-refractivity contribution is -0.144. The fourth-order valence-corrected chi connectivity index (χ4v) is 4.15. The minimum atomic E-state index is -1.98. The van der Waals surface area contributed by atoms with Crippen molar-refractivity contribution in [2.45, 2.75) is 64.6 Å². The van der Waals surface area contributed by atoms with Crippen LogP contribution in [-0.4, -0.2) is 34.3 Å². The Balaban J connectivity index is 5.19. The van der Waals surface area contributed by atoms with Gasteiger partial charge in [0.2, 0.25) is 8.32 Å². The molecule has 0 radical (unpaired) electrons. The highest BCUT2D eigenvalue weighted by Crippen LogP contribution is 2.19. The lowest BCUT2D eigenvalue weighted by atomic mass is 9.97. The molecule has 0 saturated heterocycles. The summed E-state index contributed by atoms with van der Waals surface area (Å²) in [7, 11) is -3.74. The molecular weight excluding hydrogens is 262 g/mol. The van der Waals surface area contributed by atoms with Gasteiger partial charge in [0.25, 0.3) is 0 Å². The number of rotatable bonds is 7. The summed E-state index contributed by atoms with van der Waals surface area (Å²) in [6, 6.07) is 0. The second-order valence-corrected chi connectivity index (χ2v) is 15.9. The van der Waals surface area contributed by atoms with E-state index in [1.54, 1.807) is 0 Å². The van der Waals surface area contributed by atoms with Crippen molar-refractivity contribution in [3.05, 3.63) is 0 Å². The Labute approximate surface area is 113 Å². The summed E-state index contributed by atoms with van der Waals surface area (Å²) in [6.45, 7) is 14.0. The van der Waals surface area contributed by atoms with Crippen LogP contribution in [0.2, 0.25) is 39.3 Å². The third-order valence-corrected chi connectivity index (χ3v) is 4.20. The zero-order chi connectivity index (χ0) is 14.6. The molecule has 1 N–H and O–H groups in total. The average molecular weight is 290 g/mol. The van der Waals surface area contributed by atoms with Gasteiger partial charge in [-0.05, 0) is 26.1 Å². The van der Waals surface area contributed by atoms with E-state index in [0.29, 0.717) is 6.42 Å². The van der Waals surface area contributed by atoms with Gasteiger partial charge in [-0.25, -0.2) is 0 Å². The molecule has 0 saturated carbocycles. The van der Waals surface area contributed by atoms with Gasteiger partial charge in [-0.15, -0.1) is 0 Å². The smallest absolute Gasteiger partial charge is 0.319 e. The molecule has 0 fully saturated rings. The molecule has 0 aliphatic heterocycles. The van der Waals surface area contributed by atoms with Crippen LogP contribution in [-0.2, 0) is 14.0 Å². The van der Waals surface area contributed by atoms with Gasteiger partial charge in [0.05, 0.1) is 0 Å². The van der Waals surface area contributed by atoms with Crippen molar-refractivity contribution >= 4 is 28.8 Å². The third kappa shape index (κ3) is 5.92. The Morgan fingerprint density at radius 3 is 2.00 bits per heavy atom. The molecule has 0 amide bonds. The highest BCUT2D eigenvalue weighted by atomic mass is 28.4. The molecule has 6 heteroatoms. The van der Waals surface area contributed by atoms with E-state index < -0.39 is 28.1 Å². The zero-order valence-corrected chi connectivity index (χ0v) is 14.7. The van der Waals surface area contributed by atoms with E-state index in [-0.39, 0.29) is 0 Å². The van der Waals surface area contributed by atoms with Crippen LogP contribution < -0.4 is 4.98 Å². The summed E-state index contributed by atoms with van der Waals surface area (Å²) in [5.74, 6) is -0.402. The maximum atomic E-state index is 12.3. The molecular formula is C12H27NO3Si2. The largest absolute Gasteiger partial charge is 0.518 e. The molecule has 0 spiro atoms. The molecule has 0 aliphatic rings. The van der Waals surface area contributed by atoms with Crippen LogP contribution in [0.3, 0.4) is 0 Å². The van der Waals surface area contributed by atoms with Crippen LogP contribution in [0.15, 0.2) is 0 Å². The predicted molar refractivity (Wildman–Crippen MR) is 79.6 cm³/mol. The van der Waals surface area contributed by atoms with Crippen molar-refractivity contribution in [3.8, 4) is 0 Å². The summed E-state index contributed by atoms with van der Waals surface area (Å²) in [6.07, 6.45) is 1.98. The first kappa shape index (κ1) is 17.5. The van der Waals surface area contributed by atoms with Gasteiger partial charge >= 0.3 is 5.97 Å². The highest BCUT2D eigenvalue weighted by Gasteiger charge is 2.43. The molecule has 106 valence electrons. The summed E-state index contributed by atoms with van der Waals surface area (Å²) in [5.41, 5.74) is -1.15. The van der Waals surface area contributed by atoms with Crippen molar-refractivity contribution in [2.24, 2.45) is 0 Å². The van der Waals surface area contributed by atoms with Gasteiger partial charge in [-0.1, -0.05) is 33.0 Å². The van der Waals surface area contributed by atoms with Crippen molar-refractivity contribution in [1.29, 1.82) is 0 Å². The number of hydrogen-bond donors (Lipinski definition) is 1. The molecule has 0 rings (SSSR count). The van der Waals surface area contributed by atoms with Gasteiger partial charge in [-0.3, -0.25) is 4.79 Å². The van der Waals surface area contributed by atoms with E-state index in [1.807, 2.05) is 26.6 Å². The number of aldehydes is 1. The molecule has 0 aliphatic carbocycles. The van der Waals surface area contributed by atoms with Crippen LogP contribution in [0.5, 0.6) is 0 Å². The van der Waals surface area contributed by atoms with E-state index in [4.69, 9.17) is 4.43 Å². The molecule has 4 nitrogen and oxygen atoms in total. The minimum absolute atomic E-state index is 0.402. The SMILES string of the molecule is CCCC(C=O)(N[Si](C)(C)C)C(=O)O[Si](C)(C)C. The molecule has 0 aromatic carbocycles. The van der Waals surface area contributed by atoms with Gasteiger partial charge in [0.15, 0.2) is 11.8 Å². The summed E-state index contributed by atoms with van der Waals surface area (Å²) in [5, 5.41) is 0. The first-order valence-corrected chi connectivity index (χ1v) is 13.4. The zero-order valence-electron chi connectivity index (χ0n) is 12.7. The Hall–Kier alpha value is -0.466. The van der Waals surface area contributed by atoms with Crippen LogP contribution >= 0.6 is 0 Å². The van der Waals surface area contributed by atoms with Gasteiger partial charge in [0, 0.05) is 0 Å².